The number of hydrogen-bond acceptors (Lipinski definition) is 5. The molecule has 0 saturated heterocycles. The highest BCUT2D eigenvalue weighted by Gasteiger charge is 2.18. The molecule has 174 valence electrons. The predicted molar refractivity (Wildman–Crippen MR) is 129 cm³/mol. The van der Waals surface area contributed by atoms with Crippen molar-refractivity contribution in [3.05, 3.63) is 78.4 Å². The number of methoxy groups -OCH3 is 1. The molecule has 0 radical (unpaired) electrons. The van der Waals surface area contributed by atoms with E-state index in [2.05, 4.69) is 23.9 Å². The van der Waals surface area contributed by atoms with Crippen molar-refractivity contribution >= 4 is 27.3 Å². The third-order valence-corrected chi connectivity index (χ3v) is 6.39. The van der Waals surface area contributed by atoms with Gasteiger partial charge in [-0.1, -0.05) is 32.0 Å². The summed E-state index contributed by atoms with van der Waals surface area (Å²) in [6.45, 7) is 5.79. The second-order valence-electron chi connectivity index (χ2n) is 7.80. The lowest BCUT2D eigenvalue weighted by Crippen LogP contribution is -2.30. The van der Waals surface area contributed by atoms with E-state index < -0.39 is 16.1 Å². The lowest BCUT2D eigenvalue weighted by atomic mass is 10.0. The number of anilines is 2. The molecular weight excluding hydrogens is 440 g/mol. The number of nitrogens with one attached hydrogen (secondary N) is 2. The third-order valence-electron chi connectivity index (χ3n) is 4.99. The van der Waals surface area contributed by atoms with Gasteiger partial charge in [0.25, 0.3) is 15.9 Å². The molecule has 0 aliphatic heterocycles. The van der Waals surface area contributed by atoms with Gasteiger partial charge >= 0.3 is 0 Å². The van der Waals surface area contributed by atoms with Crippen LogP contribution in [0.25, 0.3) is 0 Å². The van der Waals surface area contributed by atoms with Gasteiger partial charge in [0, 0.05) is 11.4 Å². The Morgan fingerprint density at radius 2 is 1.45 bits per heavy atom. The number of amides is 1. The number of sulfonamides is 1. The Balaban J connectivity index is 1.64. The van der Waals surface area contributed by atoms with Crippen LogP contribution in [0.15, 0.2) is 77.7 Å². The monoisotopic (exact) mass is 468 g/mol. The average Bonchev–Trinajstić information content (AvgIpc) is 2.80. The molecule has 8 heteroatoms. The van der Waals surface area contributed by atoms with Crippen molar-refractivity contribution in [2.75, 3.05) is 17.1 Å². The topological polar surface area (TPSA) is 93.7 Å². The van der Waals surface area contributed by atoms with Crippen LogP contribution in [0.3, 0.4) is 0 Å². The minimum absolute atomic E-state index is 0.0754. The van der Waals surface area contributed by atoms with Crippen LogP contribution in [0.5, 0.6) is 11.5 Å². The molecule has 33 heavy (non-hydrogen) atoms. The molecule has 3 aromatic rings. The van der Waals surface area contributed by atoms with Crippen molar-refractivity contribution in [3.63, 3.8) is 0 Å². The number of rotatable bonds is 9. The number of carbonyl (C=O) groups excluding carboxylic acids is 1. The zero-order valence-corrected chi connectivity index (χ0v) is 19.8. The van der Waals surface area contributed by atoms with Crippen molar-refractivity contribution in [3.8, 4) is 11.5 Å². The number of benzene rings is 3. The Hall–Kier alpha value is -3.52. The molecule has 0 unspecified atom stereocenters. The van der Waals surface area contributed by atoms with Crippen LogP contribution in [0.4, 0.5) is 11.4 Å². The molecule has 3 aromatic carbocycles. The first kappa shape index (κ1) is 24.1. The normalized spacial score (nSPS) is 12.2. The Morgan fingerprint density at radius 3 is 2.06 bits per heavy atom. The van der Waals surface area contributed by atoms with Gasteiger partial charge in [-0.2, -0.15) is 0 Å². The molecule has 0 spiro atoms. The number of hydrogen-bond donors (Lipinski definition) is 2. The third kappa shape index (κ3) is 6.26. The molecular formula is C25H28N2O5S. The first-order chi connectivity index (χ1) is 15.7. The van der Waals surface area contributed by atoms with Crippen molar-refractivity contribution in [1.82, 2.24) is 0 Å². The van der Waals surface area contributed by atoms with Gasteiger partial charge < -0.3 is 14.8 Å². The highest BCUT2D eigenvalue weighted by Crippen LogP contribution is 2.27. The Bertz CT molecular complexity index is 1190. The molecule has 0 aliphatic carbocycles. The van der Waals surface area contributed by atoms with Crippen molar-refractivity contribution in [2.24, 2.45) is 0 Å². The molecule has 0 heterocycles. The maximum atomic E-state index is 12.6. The fourth-order valence-electron chi connectivity index (χ4n) is 3.14. The molecule has 7 nitrogen and oxygen atoms in total. The fourth-order valence-corrected chi connectivity index (χ4v) is 4.20. The van der Waals surface area contributed by atoms with E-state index in [0.29, 0.717) is 22.9 Å². The van der Waals surface area contributed by atoms with Crippen LogP contribution in [0, 0.1) is 0 Å². The summed E-state index contributed by atoms with van der Waals surface area (Å²) in [6.07, 6.45) is -0.731. The Kier molecular flexibility index (Phi) is 7.60. The summed E-state index contributed by atoms with van der Waals surface area (Å²) in [6, 6.07) is 20.1. The quantitative estimate of drug-likeness (QED) is 0.460. The average molecular weight is 469 g/mol. The largest absolute Gasteiger partial charge is 0.497 e. The summed E-state index contributed by atoms with van der Waals surface area (Å²) < 4.78 is 38.7. The highest BCUT2D eigenvalue weighted by molar-refractivity contribution is 7.92. The summed E-state index contributed by atoms with van der Waals surface area (Å²) in [5, 5.41) is 2.76. The molecule has 0 aliphatic rings. The fraction of sp³-hybridized carbons (Fsp3) is 0.240. The Labute approximate surface area is 194 Å². The van der Waals surface area contributed by atoms with E-state index in [9.17, 15) is 13.2 Å². The SMILES string of the molecule is COc1ccc(NS(=O)(=O)c2ccc(NC(=O)[C@H](C)Oc3ccccc3C(C)C)cc2)cc1. The number of carbonyl (C=O) groups is 1. The smallest absolute Gasteiger partial charge is 0.265 e. The maximum Gasteiger partial charge on any atom is 0.265 e. The van der Waals surface area contributed by atoms with Gasteiger partial charge in [-0.15, -0.1) is 0 Å². The predicted octanol–water partition coefficient (Wildman–Crippen LogP) is 5.03. The van der Waals surface area contributed by atoms with E-state index in [4.69, 9.17) is 9.47 Å². The lowest BCUT2D eigenvalue weighted by molar-refractivity contribution is -0.122. The summed E-state index contributed by atoms with van der Waals surface area (Å²) in [5.41, 5.74) is 1.91. The highest BCUT2D eigenvalue weighted by atomic mass is 32.2. The lowest BCUT2D eigenvalue weighted by Gasteiger charge is -2.18. The maximum absolute atomic E-state index is 12.6. The number of ether oxygens (including phenoxy) is 2. The molecule has 0 bridgehead atoms. The minimum atomic E-state index is -3.78. The second-order valence-corrected chi connectivity index (χ2v) is 9.48. The van der Waals surface area contributed by atoms with Crippen molar-refractivity contribution < 1.29 is 22.7 Å². The van der Waals surface area contributed by atoms with Crippen LogP contribution < -0.4 is 19.5 Å². The summed E-state index contributed by atoms with van der Waals surface area (Å²) in [7, 11) is -2.24. The van der Waals surface area contributed by atoms with E-state index in [1.54, 1.807) is 31.2 Å². The van der Waals surface area contributed by atoms with E-state index >= 15 is 0 Å². The number of para-hydroxylation sites is 1. The molecule has 0 fully saturated rings. The molecule has 2 N–H and O–H groups in total. The van der Waals surface area contributed by atoms with E-state index in [1.807, 2.05) is 24.3 Å². The van der Waals surface area contributed by atoms with Gasteiger partial charge in [0.1, 0.15) is 11.5 Å². The summed E-state index contributed by atoms with van der Waals surface area (Å²) >= 11 is 0. The van der Waals surface area contributed by atoms with Gasteiger partial charge in [0.05, 0.1) is 12.0 Å². The van der Waals surface area contributed by atoms with Gasteiger partial charge in [-0.25, -0.2) is 8.42 Å². The zero-order chi connectivity index (χ0) is 24.0. The van der Waals surface area contributed by atoms with E-state index in [0.717, 1.165) is 5.56 Å². The second kappa shape index (κ2) is 10.4. The summed E-state index contributed by atoms with van der Waals surface area (Å²) in [4.78, 5) is 12.7. The van der Waals surface area contributed by atoms with E-state index in [-0.39, 0.29) is 16.7 Å². The van der Waals surface area contributed by atoms with E-state index in [1.165, 1.54) is 31.4 Å². The molecule has 0 aromatic heterocycles. The van der Waals surface area contributed by atoms with Crippen LogP contribution in [-0.2, 0) is 14.8 Å². The summed E-state index contributed by atoms with van der Waals surface area (Å²) in [5.74, 6) is 1.23. The molecule has 3 rings (SSSR count). The van der Waals surface area contributed by atoms with Crippen LogP contribution in [-0.4, -0.2) is 27.5 Å². The standard InChI is InChI=1S/C25H28N2O5S/c1-17(2)23-7-5-6-8-24(23)32-18(3)25(28)26-19-11-15-22(16-12-19)33(29,30)27-20-9-13-21(31-4)14-10-20/h5-18,27H,1-4H3,(H,26,28)/t18-/m0/s1. The van der Waals surface area contributed by atoms with Crippen LogP contribution >= 0.6 is 0 Å². The molecule has 1 amide bonds. The molecule has 0 saturated carbocycles. The van der Waals surface area contributed by atoms with Gasteiger partial charge in [0.2, 0.25) is 0 Å². The van der Waals surface area contributed by atoms with Crippen molar-refractivity contribution in [1.29, 1.82) is 0 Å². The Morgan fingerprint density at radius 1 is 0.848 bits per heavy atom. The first-order valence-corrected chi connectivity index (χ1v) is 12.0. The van der Waals surface area contributed by atoms with Crippen LogP contribution in [0.1, 0.15) is 32.3 Å². The zero-order valence-electron chi connectivity index (χ0n) is 19.0. The molecule has 1 atom stereocenters. The van der Waals surface area contributed by atoms with Crippen molar-refractivity contribution in [2.45, 2.75) is 37.7 Å². The first-order valence-electron chi connectivity index (χ1n) is 10.5. The van der Waals surface area contributed by atoms with Gasteiger partial charge in [-0.3, -0.25) is 9.52 Å². The van der Waals surface area contributed by atoms with Gasteiger partial charge in [0.15, 0.2) is 6.10 Å². The van der Waals surface area contributed by atoms with Crippen LogP contribution in [0.2, 0.25) is 0 Å². The van der Waals surface area contributed by atoms with Gasteiger partial charge in [-0.05, 0) is 73.0 Å². The minimum Gasteiger partial charge on any atom is -0.497 e.